The minimum Gasteiger partial charge on any atom is -0.489 e. The van der Waals surface area contributed by atoms with Gasteiger partial charge in [-0.05, 0) is 85.6 Å². The highest BCUT2D eigenvalue weighted by molar-refractivity contribution is 9.10. The highest BCUT2D eigenvalue weighted by Gasteiger charge is 2.37. The molecule has 1 aromatic heterocycles. The van der Waals surface area contributed by atoms with E-state index in [1.807, 2.05) is 98.8 Å². The fourth-order valence-electron chi connectivity index (χ4n) is 4.81. The van der Waals surface area contributed by atoms with Gasteiger partial charge < -0.3 is 15.0 Å². The number of benzene rings is 3. The van der Waals surface area contributed by atoms with Gasteiger partial charge in [0.2, 0.25) is 0 Å². The fourth-order valence-corrected chi connectivity index (χ4v) is 5.07. The number of rotatable bonds is 7. The van der Waals surface area contributed by atoms with Gasteiger partial charge in [-0.15, -0.1) is 0 Å². The first-order valence-corrected chi connectivity index (χ1v) is 13.6. The van der Waals surface area contributed by atoms with E-state index in [4.69, 9.17) is 10.5 Å². The lowest BCUT2D eigenvalue weighted by atomic mass is 9.95. The summed E-state index contributed by atoms with van der Waals surface area (Å²) in [6, 6.07) is 31.9. The van der Waals surface area contributed by atoms with Gasteiger partial charge in [0.15, 0.2) is 0 Å². The topological polar surface area (TPSA) is 103 Å². The van der Waals surface area contributed by atoms with Gasteiger partial charge in [0.05, 0.1) is 23.0 Å². The van der Waals surface area contributed by atoms with Crippen LogP contribution in [0.15, 0.2) is 100 Å². The van der Waals surface area contributed by atoms with Gasteiger partial charge in [-0.3, -0.25) is 0 Å². The Bertz CT molecular complexity index is 1660. The summed E-state index contributed by atoms with van der Waals surface area (Å²) < 4.78 is 9.12. The molecule has 7 nitrogen and oxygen atoms in total. The predicted molar refractivity (Wildman–Crippen MR) is 161 cm³/mol. The first-order chi connectivity index (χ1) is 19.4. The van der Waals surface area contributed by atoms with Crippen LogP contribution < -0.4 is 15.5 Å². The first-order valence-electron chi connectivity index (χ1n) is 12.8. The maximum atomic E-state index is 10.1. The Labute approximate surface area is 242 Å². The van der Waals surface area contributed by atoms with E-state index in [2.05, 4.69) is 37.7 Å². The van der Waals surface area contributed by atoms with Crippen LogP contribution in [0, 0.1) is 42.4 Å². The van der Waals surface area contributed by atoms with E-state index in [0.717, 1.165) is 44.1 Å². The number of para-hydroxylation sites is 1. The van der Waals surface area contributed by atoms with Gasteiger partial charge in [-0.1, -0.05) is 46.3 Å². The third-order valence-corrected chi connectivity index (χ3v) is 7.40. The average molecular weight is 592 g/mol. The van der Waals surface area contributed by atoms with Crippen LogP contribution in [0.5, 0.6) is 5.75 Å². The van der Waals surface area contributed by atoms with Crippen LogP contribution in [0.1, 0.15) is 22.5 Å². The molecular weight excluding hydrogens is 564 g/mol. The SMILES string of the molecule is Cc1cc(/C=C(/C#N)C2=NN(c3ccccc3)[C@@H](N)[C@@H]2C#N)c(C)n1-c1ccc(OCc2ccc(Br)cc2)cc1. The van der Waals surface area contributed by atoms with Crippen LogP contribution in [-0.4, -0.2) is 16.4 Å². The van der Waals surface area contributed by atoms with Crippen molar-refractivity contribution in [1.82, 2.24) is 4.57 Å². The summed E-state index contributed by atoms with van der Waals surface area (Å²) in [4.78, 5) is 0. The lowest BCUT2D eigenvalue weighted by Gasteiger charge is -2.21. The molecular formula is C32H27BrN6O. The maximum absolute atomic E-state index is 10.1. The standard InChI is InChI=1S/C32H27BrN6O/c1-21-16-24(17-25(18-34)31-30(19-35)32(36)39(37-31)28-6-4-3-5-7-28)22(2)38(21)27-12-14-29(15-13-27)40-20-23-8-10-26(33)11-9-23/h3-17,30,32H,20,36H2,1-2H3/b25-17-/t30-,32-/m1/s1. The molecule has 2 atom stereocenters. The number of nitrogens with zero attached hydrogens (tertiary/aromatic N) is 5. The van der Waals surface area contributed by atoms with E-state index in [1.54, 1.807) is 11.1 Å². The van der Waals surface area contributed by atoms with Crippen molar-refractivity contribution in [1.29, 1.82) is 10.5 Å². The zero-order chi connectivity index (χ0) is 28.2. The van der Waals surface area contributed by atoms with Gasteiger partial charge in [-0.25, -0.2) is 5.01 Å². The van der Waals surface area contributed by atoms with E-state index < -0.39 is 12.1 Å². The van der Waals surface area contributed by atoms with Crippen LogP contribution in [0.4, 0.5) is 5.69 Å². The van der Waals surface area contributed by atoms with Crippen molar-refractivity contribution in [3.05, 3.63) is 117 Å². The summed E-state index contributed by atoms with van der Waals surface area (Å²) >= 11 is 3.45. The van der Waals surface area contributed by atoms with Gasteiger partial charge in [0, 0.05) is 21.5 Å². The predicted octanol–water partition coefficient (Wildman–Crippen LogP) is 6.64. The number of nitrogens with two attached hydrogens (primary N) is 1. The molecule has 1 aliphatic rings. The van der Waals surface area contributed by atoms with Gasteiger partial charge in [0.25, 0.3) is 0 Å². The molecule has 0 saturated heterocycles. The minimum atomic E-state index is -0.737. The number of hydrogen-bond acceptors (Lipinski definition) is 6. The molecule has 4 aromatic rings. The molecule has 2 heterocycles. The molecule has 0 unspecified atom stereocenters. The minimum absolute atomic E-state index is 0.317. The van der Waals surface area contributed by atoms with E-state index in [-0.39, 0.29) is 0 Å². The van der Waals surface area contributed by atoms with Crippen molar-refractivity contribution in [2.24, 2.45) is 16.8 Å². The van der Waals surface area contributed by atoms with E-state index >= 15 is 0 Å². The number of hydrogen-bond donors (Lipinski definition) is 1. The van der Waals surface area contributed by atoms with Crippen molar-refractivity contribution in [3.63, 3.8) is 0 Å². The second-order valence-corrected chi connectivity index (χ2v) is 10.4. The number of halogens is 1. The Morgan fingerprint density at radius 2 is 1.70 bits per heavy atom. The average Bonchev–Trinajstić information content (AvgIpc) is 3.46. The third-order valence-electron chi connectivity index (χ3n) is 6.87. The molecule has 5 rings (SSSR count). The number of anilines is 1. The third kappa shape index (κ3) is 5.41. The molecule has 0 radical (unpaired) electrons. The van der Waals surface area contributed by atoms with Crippen molar-refractivity contribution in [3.8, 4) is 23.6 Å². The lowest BCUT2D eigenvalue weighted by molar-refractivity contribution is 0.306. The summed E-state index contributed by atoms with van der Waals surface area (Å²) in [7, 11) is 0. The summed E-state index contributed by atoms with van der Waals surface area (Å²) in [5.74, 6) is 0.0432. The number of hydrazone groups is 1. The molecule has 1 aliphatic heterocycles. The molecule has 0 spiro atoms. The summed E-state index contributed by atoms with van der Waals surface area (Å²) in [5.41, 5.74) is 12.8. The van der Waals surface area contributed by atoms with Crippen LogP contribution in [-0.2, 0) is 6.61 Å². The number of ether oxygens (including phenoxy) is 1. The molecule has 0 amide bonds. The number of aryl methyl sites for hydroxylation is 1. The smallest absolute Gasteiger partial charge is 0.127 e. The van der Waals surface area contributed by atoms with Crippen LogP contribution in [0.25, 0.3) is 11.8 Å². The first kappa shape index (κ1) is 27.0. The Balaban J connectivity index is 1.40. The monoisotopic (exact) mass is 590 g/mol. The molecule has 198 valence electrons. The molecule has 2 N–H and O–H groups in total. The van der Waals surface area contributed by atoms with Crippen molar-refractivity contribution in [2.45, 2.75) is 26.6 Å². The highest BCUT2D eigenvalue weighted by Crippen LogP contribution is 2.30. The molecule has 0 saturated carbocycles. The zero-order valence-electron chi connectivity index (χ0n) is 22.1. The molecule has 0 bridgehead atoms. The fraction of sp³-hybridized carbons (Fsp3) is 0.156. The Morgan fingerprint density at radius 3 is 2.35 bits per heavy atom. The van der Waals surface area contributed by atoms with Crippen LogP contribution in [0.2, 0.25) is 0 Å². The van der Waals surface area contributed by atoms with Crippen molar-refractivity contribution >= 4 is 33.4 Å². The molecule has 40 heavy (non-hydrogen) atoms. The van der Waals surface area contributed by atoms with Gasteiger partial charge >= 0.3 is 0 Å². The summed E-state index contributed by atoms with van der Waals surface area (Å²) in [6.07, 6.45) is 1.11. The molecule has 0 aliphatic carbocycles. The second kappa shape index (κ2) is 11.6. The molecule has 0 fully saturated rings. The highest BCUT2D eigenvalue weighted by atomic mass is 79.9. The Kier molecular flexibility index (Phi) is 7.84. The van der Waals surface area contributed by atoms with Crippen LogP contribution in [0.3, 0.4) is 0 Å². The maximum Gasteiger partial charge on any atom is 0.127 e. The van der Waals surface area contributed by atoms with Crippen molar-refractivity contribution < 1.29 is 4.74 Å². The number of allylic oxidation sites excluding steroid dienone is 1. The molecule has 8 heteroatoms. The van der Waals surface area contributed by atoms with E-state index in [1.165, 1.54) is 0 Å². The zero-order valence-corrected chi connectivity index (χ0v) is 23.7. The van der Waals surface area contributed by atoms with Crippen LogP contribution >= 0.6 is 15.9 Å². The normalized spacial score (nSPS) is 16.8. The van der Waals surface area contributed by atoms with Crippen molar-refractivity contribution in [2.75, 3.05) is 5.01 Å². The van der Waals surface area contributed by atoms with E-state index in [0.29, 0.717) is 17.9 Å². The summed E-state index contributed by atoms with van der Waals surface area (Å²) in [5, 5.41) is 26.2. The second-order valence-electron chi connectivity index (χ2n) is 9.50. The Hall–Kier alpha value is -4.63. The molecule has 3 aromatic carbocycles. The van der Waals surface area contributed by atoms with Gasteiger partial charge in [-0.2, -0.15) is 15.6 Å². The number of aromatic nitrogens is 1. The summed E-state index contributed by atoms with van der Waals surface area (Å²) in [6.45, 7) is 4.51. The van der Waals surface area contributed by atoms with E-state index in [9.17, 15) is 10.5 Å². The Morgan fingerprint density at radius 1 is 1.00 bits per heavy atom. The largest absolute Gasteiger partial charge is 0.489 e. The number of nitriles is 2. The quantitative estimate of drug-likeness (QED) is 0.243. The lowest BCUT2D eigenvalue weighted by Crippen LogP contribution is -2.40. The van der Waals surface area contributed by atoms with Gasteiger partial charge in [0.1, 0.15) is 30.5 Å².